The van der Waals surface area contributed by atoms with Crippen LogP contribution in [-0.2, 0) is 11.4 Å². The second kappa shape index (κ2) is 12.0. The average molecular weight is 505 g/mol. The lowest BCUT2D eigenvalue weighted by molar-refractivity contribution is -0.145. The zero-order valence-electron chi connectivity index (χ0n) is 22.0. The van der Waals surface area contributed by atoms with Gasteiger partial charge >= 0.3 is 5.97 Å². The van der Waals surface area contributed by atoms with Gasteiger partial charge in [0.25, 0.3) is 0 Å². The van der Waals surface area contributed by atoms with Crippen LogP contribution in [0.4, 0.5) is 5.69 Å². The Morgan fingerprint density at radius 2 is 1.62 bits per heavy atom. The van der Waals surface area contributed by atoms with E-state index in [0.717, 1.165) is 35.2 Å². The molecule has 7 heteroatoms. The molecule has 0 bridgehead atoms. The van der Waals surface area contributed by atoms with Crippen LogP contribution in [0.15, 0.2) is 66.7 Å². The van der Waals surface area contributed by atoms with E-state index >= 15 is 0 Å². The second-order valence-electron chi connectivity index (χ2n) is 9.50. The molecule has 1 aliphatic rings. The van der Waals surface area contributed by atoms with Gasteiger partial charge in [0.15, 0.2) is 11.5 Å². The smallest absolute Gasteiger partial charge is 0.320 e. The summed E-state index contributed by atoms with van der Waals surface area (Å²) in [6.07, 6.45) is 2.47. The van der Waals surface area contributed by atoms with Gasteiger partial charge in [-0.15, -0.1) is 0 Å². The molecule has 0 spiro atoms. The number of likely N-dealkylation sites (tertiary alicyclic amines) is 1. The number of ether oxygens (including phenoxy) is 3. The Kier molecular flexibility index (Phi) is 8.56. The third-order valence-corrected chi connectivity index (χ3v) is 6.91. The molecule has 2 unspecified atom stereocenters. The van der Waals surface area contributed by atoms with E-state index in [1.54, 1.807) is 14.2 Å². The number of hydrogen-bond donors (Lipinski definition) is 1. The van der Waals surface area contributed by atoms with Gasteiger partial charge in [-0.2, -0.15) is 0 Å². The highest BCUT2D eigenvalue weighted by Crippen LogP contribution is 2.44. The summed E-state index contributed by atoms with van der Waals surface area (Å²) in [5.41, 5.74) is 4.02. The number of benzene rings is 3. The van der Waals surface area contributed by atoms with Crippen molar-refractivity contribution in [2.75, 3.05) is 39.8 Å². The van der Waals surface area contributed by atoms with Crippen LogP contribution in [0.2, 0.25) is 0 Å². The fraction of sp³-hybridized carbons (Fsp3) is 0.367. The number of carboxylic acids is 1. The van der Waals surface area contributed by atoms with E-state index in [0.29, 0.717) is 36.8 Å². The maximum absolute atomic E-state index is 12.3. The topological polar surface area (TPSA) is 71.5 Å². The van der Waals surface area contributed by atoms with Crippen molar-refractivity contribution in [2.45, 2.75) is 38.0 Å². The minimum absolute atomic E-state index is 0.288. The summed E-state index contributed by atoms with van der Waals surface area (Å²) >= 11 is 0. The highest BCUT2D eigenvalue weighted by atomic mass is 16.5. The zero-order chi connectivity index (χ0) is 26.4. The van der Waals surface area contributed by atoms with Gasteiger partial charge in [-0.3, -0.25) is 9.69 Å². The van der Waals surface area contributed by atoms with E-state index in [1.165, 1.54) is 0 Å². The number of hydrogen-bond acceptors (Lipinski definition) is 6. The van der Waals surface area contributed by atoms with Gasteiger partial charge in [0.2, 0.25) is 5.75 Å². The first-order chi connectivity index (χ1) is 17.9. The minimum Gasteiger partial charge on any atom is -0.493 e. The first kappa shape index (κ1) is 26.4. The maximum Gasteiger partial charge on any atom is 0.320 e. The molecule has 0 aromatic heterocycles. The summed E-state index contributed by atoms with van der Waals surface area (Å²) < 4.78 is 17.7. The van der Waals surface area contributed by atoms with Gasteiger partial charge in [0.1, 0.15) is 12.6 Å². The molecule has 1 heterocycles. The first-order valence-corrected chi connectivity index (χ1v) is 12.6. The van der Waals surface area contributed by atoms with E-state index in [-0.39, 0.29) is 6.04 Å². The van der Waals surface area contributed by atoms with Crippen molar-refractivity contribution in [3.63, 3.8) is 0 Å². The molecule has 0 saturated carbocycles. The molecule has 1 N–H and O–H groups in total. The number of piperidine rings is 1. The molecule has 196 valence electrons. The molecule has 37 heavy (non-hydrogen) atoms. The third-order valence-electron chi connectivity index (χ3n) is 6.91. The normalized spacial score (nSPS) is 16.6. The molecule has 0 radical (unpaired) electrons. The Hall–Kier alpha value is -3.71. The van der Waals surface area contributed by atoms with E-state index in [9.17, 15) is 9.90 Å². The Morgan fingerprint density at radius 1 is 0.973 bits per heavy atom. The van der Waals surface area contributed by atoms with Crippen molar-refractivity contribution in [1.82, 2.24) is 4.90 Å². The lowest BCUT2D eigenvalue weighted by Gasteiger charge is -2.40. The number of methoxy groups -OCH3 is 2. The largest absolute Gasteiger partial charge is 0.493 e. The van der Waals surface area contributed by atoms with Crippen molar-refractivity contribution in [3.8, 4) is 17.2 Å². The third kappa shape index (κ3) is 6.00. The van der Waals surface area contributed by atoms with Crippen molar-refractivity contribution in [3.05, 3.63) is 83.4 Å². The molecule has 2 atom stereocenters. The quantitative estimate of drug-likeness (QED) is 0.398. The fourth-order valence-electron chi connectivity index (χ4n) is 4.99. The Labute approximate surface area is 219 Å². The standard InChI is InChI=1S/C30H36N2O5/c1-31(2)24-15-13-22(14-16-24)28(32-17-9-8-12-25(32)30(33)34)23-18-26(35-3)29(27(19-23)36-4)37-20-21-10-6-5-7-11-21/h5-7,10-11,13-16,18-19,25,28H,8-9,12,17,20H2,1-4H3,(H,33,34). The van der Waals surface area contributed by atoms with Crippen LogP contribution in [0.25, 0.3) is 0 Å². The SMILES string of the molecule is COc1cc(C(c2ccc(N(C)C)cc2)N2CCCCC2C(=O)O)cc(OC)c1OCc1ccccc1. The van der Waals surface area contributed by atoms with Gasteiger partial charge in [-0.05, 0) is 60.3 Å². The Morgan fingerprint density at radius 3 is 2.19 bits per heavy atom. The highest BCUT2D eigenvalue weighted by molar-refractivity contribution is 5.74. The van der Waals surface area contributed by atoms with Crippen molar-refractivity contribution >= 4 is 11.7 Å². The molecule has 1 saturated heterocycles. The highest BCUT2D eigenvalue weighted by Gasteiger charge is 2.36. The molecule has 0 amide bonds. The van der Waals surface area contributed by atoms with Gasteiger partial charge in [-0.25, -0.2) is 0 Å². The second-order valence-corrected chi connectivity index (χ2v) is 9.50. The van der Waals surface area contributed by atoms with Crippen molar-refractivity contribution in [1.29, 1.82) is 0 Å². The van der Waals surface area contributed by atoms with Crippen molar-refractivity contribution in [2.24, 2.45) is 0 Å². The Bertz CT molecular complexity index is 1160. The molecule has 1 aliphatic heterocycles. The van der Waals surface area contributed by atoms with Gasteiger partial charge < -0.3 is 24.2 Å². The molecule has 3 aromatic rings. The molecule has 3 aromatic carbocycles. The summed E-state index contributed by atoms with van der Waals surface area (Å²) in [6.45, 7) is 1.06. The molecule has 4 rings (SSSR count). The zero-order valence-corrected chi connectivity index (χ0v) is 22.0. The van der Waals surface area contributed by atoms with Crippen LogP contribution in [0.3, 0.4) is 0 Å². The number of carbonyl (C=O) groups is 1. The number of rotatable bonds is 10. The van der Waals surface area contributed by atoms with Crippen LogP contribution < -0.4 is 19.1 Å². The maximum atomic E-state index is 12.3. The summed E-state index contributed by atoms with van der Waals surface area (Å²) in [7, 11) is 7.22. The predicted molar refractivity (Wildman–Crippen MR) is 145 cm³/mol. The van der Waals surface area contributed by atoms with Crippen LogP contribution in [0.1, 0.15) is 42.0 Å². The number of carboxylic acid groups (broad SMARTS) is 1. The van der Waals surface area contributed by atoms with E-state index in [1.807, 2.05) is 61.5 Å². The monoisotopic (exact) mass is 504 g/mol. The molecule has 1 fully saturated rings. The summed E-state index contributed by atoms with van der Waals surface area (Å²) in [5, 5.41) is 10.1. The predicted octanol–water partition coefficient (Wildman–Crippen LogP) is 5.38. The fourth-order valence-corrected chi connectivity index (χ4v) is 4.99. The van der Waals surface area contributed by atoms with E-state index in [4.69, 9.17) is 14.2 Å². The summed E-state index contributed by atoms with van der Waals surface area (Å²) in [4.78, 5) is 16.4. The van der Waals surface area contributed by atoms with E-state index in [2.05, 4.69) is 29.2 Å². The average Bonchev–Trinajstić information content (AvgIpc) is 2.93. The summed E-state index contributed by atoms with van der Waals surface area (Å²) in [6, 6.07) is 21.2. The molecular formula is C30H36N2O5. The lowest BCUT2D eigenvalue weighted by atomic mass is 9.91. The van der Waals surface area contributed by atoms with Crippen molar-refractivity contribution < 1.29 is 24.1 Å². The minimum atomic E-state index is -0.795. The van der Waals surface area contributed by atoms with Crippen LogP contribution in [0, 0.1) is 0 Å². The number of anilines is 1. The number of nitrogens with zero attached hydrogens (tertiary/aromatic N) is 2. The molecular weight excluding hydrogens is 468 g/mol. The van der Waals surface area contributed by atoms with Gasteiger partial charge in [0, 0.05) is 19.8 Å². The van der Waals surface area contributed by atoms with Crippen LogP contribution >= 0.6 is 0 Å². The van der Waals surface area contributed by atoms with Gasteiger partial charge in [-0.1, -0.05) is 48.9 Å². The first-order valence-electron chi connectivity index (χ1n) is 12.6. The lowest BCUT2D eigenvalue weighted by Crippen LogP contribution is -2.46. The van der Waals surface area contributed by atoms with Gasteiger partial charge in [0.05, 0.1) is 20.3 Å². The van der Waals surface area contributed by atoms with Crippen LogP contribution in [-0.4, -0.2) is 56.9 Å². The Balaban J connectivity index is 1.78. The summed E-state index contributed by atoms with van der Waals surface area (Å²) in [5.74, 6) is 0.817. The van der Waals surface area contributed by atoms with Crippen LogP contribution in [0.5, 0.6) is 17.2 Å². The molecule has 0 aliphatic carbocycles. The number of aliphatic carboxylic acids is 1. The van der Waals surface area contributed by atoms with E-state index < -0.39 is 12.0 Å². The molecule has 7 nitrogen and oxygen atoms in total.